The Kier molecular flexibility index (Phi) is 2.72. The van der Waals surface area contributed by atoms with E-state index in [-0.39, 0.29) is 17.2 Å². The molecule has 0 unspecified atom stereocenters. The van der Waals surface area contributed by atoms with Crippen LogP contribution in [0.15, 0.2) is 22.8 Å². The average Bonchev–Trinajstić information content (AvgIpc) is 2.98. The van der Waals surface area contributed by atoms with Gasteiger partial charge in [-0.15, -0.1) is 0 Å². The molecule has 0 spiro atoms. The topological polar surface area (TPSA) is 79.5 Å². The van der Waals surface area contributed by atoms with Gasteiger partial charge in [-0.2, -0.15) is 0 Å². The third kappa shape index (κ3) is 1.96. The van der Waals surface area contributed by atoms with Gasteiger partial charge < -0.3 is 0 Å². The zero-order chi connectivity index (χ0) is 15.3. The molecule has 22 heavy (non-hydrogen) atoms. The molecule has 1 saturated carbocycles. The second kappa shape index (κ2) is 4.53. The summed E-state index contributed by atoms with van der Waals surface area (Å²) < 4.78 is 4.65. The maximum Gasteiger partial charge on any atom is 0.272 e. The Hall–Kier alpha value is -2.44. The van der Waals surface area contributed by atoms with Crippen molar-refractivity contribution < 1.29 is 14.2 Å². The van der Waals surface area contributed by atoms with Gasteiger partial charge in [0.2, 0.25) is 5.91 Å². The lowest BCUT2D eigenvalue weighted by atomic mass is 10.1. The van der Waals surface area contributed by atoms with Gasteiger partial charge >= 0.3 is 0 Å². The highest BCUT2D eigenvalue weighted by Crippen LogP contribution is 2.47. The normalized spacial score (nSPS) is 19.7. The van der Waals surface area contributed by atoms with E-state index in [0.29, 0.717) is 29.7 Å². The lowest BCUT2D eigenvalue weighted by Gasteiger charge is -2.30. The maximum absolute atomic E-state index is 12.7. The molecule has 2 amide bonds. The first kappa shape index (κ1) is 13.2. The first-order valence-electron chi connectivity index (χ1n) is 7.45. The number of rotatable bonds is 2. The second-order valence-electron chi connectivity index (χ2n) is 6.24. The van der Waals surface area contributed by atoms with E-state index in [1.54, 1.807) is 28.2 Å². The summed E-state index contributed by atoms with van der Waals surface area (Å²) in [5.41, 5.74) is 1.36. The number of nitrogens with zero attached hydrogens (tertiary/aromatic N) is 4. The SMILES string of the molecule is CC1(C(=O)N2CCCN2C(=O)c2ccc3nonc3c2)CC1. The van der Waals surface area contributed by atoms with Crippen molar-refractivity contribution in [3.63, 3.8) is 0 Å². The highest BCUT2D eigenvalue weighted by molar-refractivity contribution is 5.98. The van der Waals surface area contributed by atoms with Gasteiger partial charge in [0.1, 0.15) is 11.0 Å². The van der Waals surface area contributed by atoms with Gasteiger partial charge in [-0.05, 0) is 47.8 Å². The van der Waals surface area contributed by atoms with E-state index in [9.17, 15) is 9.59 Å². The summed E-state index contributed by atoms with van der Waals surface area (Å²) in [6.45, 7) is 3.13. The third-order valence-corrected chi connectivity index (χ3v) is 4.52. The van der Waals surface area contributed by atoms with Crippen molar-refractivity contribution in [1.29, 1.82) is 0 Å². The fraction of sp³-hybridized carbons (Fsp3) is 0.467. The highest BCUT2D eigenvalue weighted by atomic mass is 16.6. The smallest absolute Gasteiger partial charge is 0.272 e. The molecule has 1 aromatic carbocycles. The van der Waals surface area contributed by atoms with Crippen molar-refractivity contribution in [1.82, 2.24) is 20.3 Å². The lowest BCUT2D eigenvalue weighted by Crippen LogP contribution is -2.47. The van der Waals surface area contributed by atoms with Crippen molar-refractivity contribution in [2.24, 2.45) is 5.41 Å². The molecular formula is C15H16N4O3. The van der Waals surface area contributed by atoms with E-state index >= 15 is 0 Å². The molecule has 2 heterocycles. The van der Waals surface area contributed by atoms with Gasteiger partial charge in [0.15, 0.2) is 0 Å². The molecule has 0 radical (unpaired) electrons. The van der Waals surface area contributed by atoms with Gasteiger partial charge in [-0.1, -0.05) is 6.92 Å². The molecule has 7 heteroatoms. The van der Waals surface area contributed by atoms with Crippen molar-refractivity contribution in [3.8, 4) is 0 Å². The summed E-state index contributed by atoms with van der Waals surface area (Å²) in [5.74, 6) is -0.123. The van der Waals surface area contributed by atoms with Crippen molar-refractivity contribution >= 4 is 22.8 Å². The van der Waals surface area contributed by atoms with Crippen LogP contribution in [0.2, 0.25) is 0 Å². The lowest BCUT2D eigenvalue weighted by molar-refractivity contribution is -0.146. The molecule has 2 fully saturated rings. The monoisotopic (exact) mass is 300 g/mol. The van der Waals surface area contributed by atoms with E-state index in [2.05, 4.69) is 14.9 Å². The van der Waals surface area contributed by atoms with Crippen molar-refractivity contribution in [2.45, 2.75) is 26.2 Å². The first-order valence-corrected chi connectivity index (χ1v) is 7.45. The van der Waals surface area contributed by atoms with Crippen LogP contribution in [-0.4, -0.2) is 45.2 Å². The number of amides is 2. The van der Waals surface area contributed by atoms with Gasteiger partial charge in [0.25, 0.3) is 5.91 Å². The summed E-state index contributed by atoms with van der Waals surface area (Å²) >= 11 is 0. The third-order valence-electron chi connectivity index (χ3n) is 4.52. The van der Waals surface area contributed by atoms with Crippen LogP contribution in [0.3, 0.4) is 0 Å². The van der Waals surface area contributed by atoms with Crippen LogP contribution < -0.4 is 0 Å². The predicted octanol–water partition coefficient (Wildman–Crippen LogP) is 1.61. The Morgan fingerprint density at radius 3 is 2.64 bits per heavy atom. The van der Waals surface area contributed by atoms with Crippen LogP contribution >= 0.6 is 0 Å². The van der Waals surface area contributed by atoms with Crippen LogP contribution in [0, 0.1) is 5.41 Å². The summed E-state index contributed by atoms with van der Waals surface area (Å²) in [6, 6.07) is 5.03. The van der Waals surface area contributed by atoms with E-state index < -0.39 is 0 Å². The highest BCUT2D eigenvalue weighted by Gasteiger charge is 2.49. The standard InChI is InChI=1S/C15H16N4O3/c1-15(5-6-15)14(21)19-8-2-7-18(19)13(20)10-3-4-11-12(9-10)17-22-16-11/h3-4,9H,2,5-8H2,1H3. The summed E-state index contributed by atoms with van der Waals surface area (Å²) in [5, 5.41) is 10.6. The van der Waals surface area contributed by atoms with Crippen LogP contribution in [-0.2, 0) is 4.79 Å². The molecule has 0 N–H and O–H groups in total. The molecule has 114 valence electrons. The molecule has 0 atom stereocenters. The number of hydrazine groups is 1. The van der Waals surface area contributed by atoms with E-state index in [1.165, 1.54) is 0 Å². The molecule has 1 aliphatic heterocycles. The van der Waals surface area contributed by atoms with Crippen LogP contribution in [0.4, 0.5) is 0 Å². The minimum absolute atomic E-state index is 0.0579. The zero-order valence-electron chi connectivity index (χ0n) is 12.3. The quantitative estimate of drug-likeness (QED) is 0.842. The second-order valence-corrected chi connectivity index (χ2v) is 6.24. The molecule has 1 aliphatic carbocycles. The Morgan fingerprint density at radius 1 is 1.14 bits per heavy atom. The number of fused-ring (bicyclic) bond motifs is 1. The van der Waals surface area contributed by atoms with E-state index in [4.69, 9.17) is 0 Å². The van der Waals surface area contributed by atoms with Gasteiger partial charge in [-0.25, -0.2) is 9.64 Å². The van der Waals surface area contributed by atoms with Crippen LogP contribution in [0.1, 0.15) is 36.5 Å². The molecule has 1 aromatic heterocycles. The zero-order valence-corrected chi connectivity index (χ0v) is 12.3. The molecular weight excluding hydrogens is 284 g/mol. The van der Waals surface area contributed by atoms with Gasteiger partial charge in [0, 0.05) is 24.1 Å². The molecule has 2 aliphatic rings. The largest absolute Gasteiger partial charge is 0.272 e. The number of hydrogen-bond acceptors (Lipinski definition) is 5. The number of carbonyl (C=O) groups is 2. The van der Waals surface area contributed by atoms with E-state index in [0.717, 1.165) is 19.3 Å². The van der Waals surface area contributed by atoms with Crippen molar-refractivity contribution in [2.75, 3.05) is 13.1 Å². The number of carbonyl (C=O) groups excluding carboxylic acids is 2. The molecule has 7 nitrogen and oxygen atoms in total. The Labute approximate surface area is 126 Å². The Bertz CT molecular complexity index is 765. The van der Waals surface area contributed by atoms with Crippen molar-refractivity contribution in [3.05, 3.63) is 23.8 Å². The summed E-state index contributed by atoms with van der Waals surface area (Å²) in [6.07, 6.45) is 2.61. The average molecular weight is 300 g/mol. The Morgan fingerprint density at radius 2 is 1.86 bits per heavy atom. The molecule has 4 rings (SSSR count). The van der Waals surface area contributed by atoms with Crippen LogP contribution in [0.25, 0.3) is 11.0 Å². The fourth-order valence-electron chi connectivity index (χ4n) is 2.81. The predicted molar refractivity (Wildman–Crippen MR) is 76.5 cm³/mol. The first-order chi connectivity index (χ1) is 10.6. The number of hydrogen-bond donors (Lipinski definition) is 0. The van der Waals surface area contributed by atoms with Gasteiger partial charge in [0.05, 0.1) is 0 Å². The number of benzene rings is 1. The maximum atomic E-state index is 12.7. The fourth-order valence-corrected chi connectivity index (χ4v) is 2.81. The van der Waals surface area contributed by atoms with Gasteiger partial charge in [-0.3, -0.25) is 14.6 Å². The number of aromatic nitrogens is 2. The van der Waals surface area contributed by atoms with E-state index in [1.807, 2.05) is 6.92 Å². The molecule has 1 saturated heterocycles. The minimum atomic E-state index is -0.275. The summed E-state index contributed by atoms with van der Waals surface area (Å²) in [4.78, 5) is 25.3. The minimum Gasteiger partial charge on any atom is -0.272 e. The van der Waals surface area contributed by atoms with Crippen LogP contribution in [0.5, 0.6) is 0 Å². The molecule has 0 bridgehead atoms. The summed E-state index contributed by atoms with van der Waals surface area (Å²) in [7, 11) is 0. The Balaban J connectivity index is 1.61. The molecule has 2 aromatic rings.